The van der Waals surface area contributed by atoms with Crippen LogP contribution in [-0.2, 0) is 14.8 Å². The van der Waals surface area contributed by atoms with Crippen LogP contribution in [0, 0.1) is 11.8 Å². The number of halogens is 2. The standard InChI is InChI=1S/C20H22Cl2N4O4S/c21-16-7-8-18(17(22)10-16)31(29,30)24-11-13-3-5-14(6-4-13)19(27)25-26-20(28)15-2-1-9-23-12-15/h1-2,7-10,12-14,24H,3-6,11H2,(H,25,27)(H,26,28)/t13-,14-. The summed E-state index contributed by atoms with van der Waals surface area (Å²) < 4.78 is 27.6. The predicted molar refractivity (Wildman–Crippen MR) is 117 cm³/mol. The van der Waals surface area contributed by atoms with Gasteiger partial charge in [0.15, 0.2) is 0 Å². The number of hydrazine groups is 1. The molecule has 0 aliphatic heterocycles. The molecule has 0 bridgehead atoms. The van der Waals surface area contributed by atoms with Gasteiger partial charge in [-0.1, -0.05) is 23.2 Å². The van der Waals surface area contributed by atoms with Gasteiger partial charge in [-0.25, -0.2) is 13.1 Å². The van der Waals surface area contributed by atoms with Gasteiger partial charge in [-0.2, -0.15) is 0 Å². The molecule has 1 aliphatic carbocycles. The Balaban J connectivity index is 1.44. The van der Waals surface area contributed by atoms with E-state index in [0.717, 1.165) is 0 Å². The molecule has 166 valence electrons. The first kappa shape index (κ1) is 23.5. The van der Waals surface area contributed by atoms with E-state index in [1.165, 1.54) is 24.4 Å². The zero-order valence-corrected chi connectivity index (χ0v) is 18.8. The van der Waals surface area contributed by atoms with Crippen molar-refractivity contribution >= 4 is 45.0 Å². The molecular weight excluding hydrogens is 463 g/mol. The third kappa shape index (κ3) is 6.39. The molecule has 0 unspecified atom stereocenters. The monoisotopic (exact) mass is 484 g/mol. The molecular formula is C20H22Cl2N4O4S. The topological polar surface area (TPSA) is 117 Å². The number of aromatic nitrogens is 1. The fourth-order valence-electron chi connectivity index (χ4n) is 3.42. The number of pyridine rings is 1. The van der Waals surface area contributed by atoms with E-state index < -0.39 is 15.9 Å². The van der Waals surface area contributed by atoms with Crippen LogP contribution < -0.4 is 15.6 Å². The second kappa shape index (κ2) is 10.4. The fraction of sp³-hybridized carbons (Fsp3) is 0.350. The minimum Gasteiger partial charge on any atom is -0.273 e. The van der Waals surface area contributed by atoms with Crippen LogP contribution in [0.2, 0.25) is 10.0 Å². The Hall–Kier alpha value is -2.20. The van der Waals surface area contributed by atoms with Gasteiger partial charge in [-0.05, 0) is 61.9 Å². The second-order valence-corrected chi connectivity index (χ2v) is 9.91. The van der Waals surface area contributed by atoms with E-state index in [-0.39, 0.29) is 34.2 Å². The van der Waals surface area contributed by atoms with Gasteiger partial charge in [0.05, 0.1) is 10.6 Å². The number of carbonyl (C=O) groups excluding carboxylic acids is 2. The molecule has 3 rings (SSSR count). The normalized spacial score (nSPS) is 18.9. The zero-order valence-electron chi connectivity index (χ0n) is 16.5. The van der Waals surface area contributed by atoms with Crippen molar-refractivity contribution < 1.29 is 18.0 Å². The van der Waals surface area contributed by atoms with E-state index in [4.69, 9.17) is 23.2 Å². The maximum Gasteiger partial charge on any atom is 0.271 e. The van der Waals surface area contributed by atoms with Crippen molar-refractivity contribution in [3.8, 4) is 0 Å². The summed E-state index contributed by atoms with van der Waals surface area (Å²) in [4.78, 5) is 28.1. The second-order valence-electron chi connectivity index (χ2n) is 7.33. The van der Waals surface area contributed by atoms with Crippen molar-refractivity contribution in [2.75, 3.05) is 6.54 Å². The van der Waals surface area contributed by atoms with Crippen molar-refractivity contribution in [3.63, 3.8) is 0 Å². The highest BCUT2D eigenvalue weighted by Gasteiger charge is 2.28. The lowest BCUT2D eigenvalue weighted by Crippen LogP contribution is -2.45. The summed E-state index contributed by atoms with van der Waals surface area (Å²) in [5.41, 5.74) is 5.19. The lowest BCUT2D eigenvalue weighted by molar-refractivity contribution is -0.127. The summed E-state index contributed by atoms with van der Waals surface area (Å²) in [5.74, 6) is -0.836. The number of amides is 2. The van der Waals surface area contributed by atoms with Crippen LogP contribution in [0.1, 0.15) is 36.0 Å². The highest BCUT2D eigenvalue weighted by molar-refractivity contribution is 7.89. The number of carbonyl (C=O) groups is 2. The molecule has 1 fully saturated rings. The molecule has 1 aromatic carbocycles. The quantitative estimate of drug-likeness (QED) is 0.544. The summed E-state index contributed by atoms with van der Waals surface area (Å²) in [5, 5.41) is 0.422. The Kier molecular flexibility index (Phi) is 7.88. The van der Waals surface area contributed by atoms with Gasteiger partial charge in [-0.15, -0.1) is 0 Å². The van der Waals surface area contributed by atoms with E-state index in [2.05, 4.69) is 20.6 Å². The third-order valence-electron chi connectivity index (χ3n) is 5.19. The Morgan fingerprint density at radius 2 is 1.81 bits per heavy atom. The van der Waals surface area contributed by atoms with Crippen LogP contribution in [0.25, 0.3) is 0 Å². The van der Waals surface area contributed by atoms with E-state index in [1.807, 2.05) is 0 Å². The highest BCUT2D eigenvalue weighted by Crippen LogP contribution is 2.29. The molecule has 0 atom stereocenters. The summed E-state index contributed by atoms with van der Waals surface area (Å²) in [6.45, 7) is 0.257. The van der Waals surface area contributed by atoms with Crippen LogP contribution in [0.15, 0.2) is 47.6 Å². The molecule has 1 aliphatic rings. The van der Waals surface area contributed by atoms with Crippen LogP contribution in [-0.4, -0.2) is 31.8 Å². The van der Waals surface area contributed by atoms with E-state index >= 15 is 0 Å². The lowest BCUT2D eigenvalue weighted by atomic mass is 9.82. The number of nitrogens with zero attached hydrogens (tertiary/aromatic N) is 1. The minimum atomic E-state index is -3.75. The van der Waals surface area contributed by atoms with Crippen molar-refractivity contribution in [2.45, 2.75) is 30.6 Å². The molecule has 1 aromatic heterocycles. The van der Waals surface area contributed by atoms with E-state index in [9.17, 15) is 18.0 Å². The highest BCUT2D eigenvalue weighted by atomic mass is 35.5. The van der Waals surface area contributed by atoms with Crippen LogP contribution in [0.5, 0.6) is 0 Å². The predicted octanol–water partition coefficient (Wildman–Crippen LogP) is 2.93. The van der Waals surface area contributed by atoms with Crippen LogP contribution >= 0.6 is 23.2 Å². The number of hydrogen-bond donors (Lipinski definition) is 3. The molecule has 2 amide bonds. The van der Waals surface area contributed by atoms with Gasteiger partial charge in [0.2, 0.25) is 15.9 Å². The van der Waals surface area contributed by atoms with Crippen molar-refractivity contribution in [3.05, 3.63) is 58.3 Å². The average Bonchev–Trinajstić information content (AvgIpc) is 2.76. The number of benzene rings is 1. The van der Waals surface area contributed by atoms with Gasteiger partial charge >= 0.3 is 0 Å². The fourth-order valence-corrected chi connectivity index (χ4v) is 5.30. The Morgan fingerprint density at radius 3 is 2.45 bits per heavy atom. The molecule has 0 spiro atoms. The first-order valence-electron chi connectivity index (χ1n) is 9.71. The maximum absolute atomic E-state index is 12.5. The molecule has 8 nitrogen and oxygen atoms in total. The number of sulfonamides is 1. The Bertz CT molecular complexity index is 1040. The molecule has 2 aromatic rings. The SMILES string of the molecule is O=C(NNC(=O)[C@H]1CC[C@H](CNS(=O)(=O)c2ccc(Cl)cc2Cl)CC1)c1cccnc1. The number of hydrogen-bond acceptors (Lipinski definition) is 5. The molecule has 0 radical (unpaired) electrons. The summed E-state index contributed by atoms with van der Waals surface area (Å²) >= 11 is 11.8. The van der Waals surface area contributed by atoms with E-state index in [1.54, 1.807) is 18.3 Å². The average molecular weight is 485 g/mol. The minimum absolute atomic E-state index is 0.0176. The first-order chi connectivity index (χ1) is 14.8. The molecule has 0 saturated heterocycles. The van der Waals surface area contributed by atoms with Crippen LogP contribution in [0.4, 0.5) is 0 Å². The van der Waals surface area contributed by atoms with Gasteiger partial charge in [0.25, 0.3) is 5.91 Å². The van der Waals surface area contributed by atoms with Gasteiger partial charge in [0, 0.05) is 29.9 Å². The van der Waals surface area contributed by atoms with Crippen molar-refractivity contribution in [1.29, 1.82) is 0 Å². The van der Waals surface area contributed by atoms with Crippen LogP contribution in [0.3, 0.4) is 0 Å². The van der Waals surface area contributed by atoms with Gasteiger partial charge in [0.1, 0.15) is 4.90 Å². The molecule has 1 saturated carbocycles. The zero-order chi connectivity index (χ0) is 22.4. The van der Waals surface area contributed by atoms with Crippen molar-refractivity contribution in [1.82, 2.24) is 20.6 Å². The number of rotatable bonds is 6. The largest absolute Gasteiger partial charge is 0.273 e. The van der Waals surface area contributed by atoms with Gasteiger partial charge in [-0.3, -0.25) is 25.4 Å². The molecule has 1 heterocycles. The Labute approximate surface area is 190 Å². The number of nitrogens with one attached hydrogen (secondary N) is 3. The summed E-state index contributed by atoms with van der Waals surface area (Å²) in [6, 6.07) is 7.45. The third-order valence-corrected chi connectivity index (χ3v) is 7.33. The summed E-state index contributed by atoms with van der Waals surface area (Å²) in [6.07, 6.45) is 5.53. The lowest BCUT2D eigenvalue weighted by Gasteiger charge is -2.27. The Morgan fingerprint density at radius 1 is 1.06 bits per heavy atom. The molecule has 11 heteroatoms. The van der Waals surface area contributed by atoms with Crippen molar-refractivity contribution in [2.24, 2.45) is 11.8 Å². The van der Waals surface area contributed by atoms with Gasteiger partial charge < -0.3 is 0 Å². The molecule has 31 heavy (non-hydrogen) atoms. The van der Waals surface area contributed by atoms with E-state index in [0.29, 0.717) is 36.3 Å². The molecule has 3 N–H and O–H groups in total. The maximum atomic E-state index is 12.5. The first-order valence-corrected chi connectivity index (χ1v) is 11.9. The summed E-state index contributed by atoms with van der Waals surface area (Å²) in [7, 11) is -3.75. The smallest absolute Gasteiger partial charge is 0.271 e.